The fraction of sp³-hybridized carbons (Fsp3) is 0.0417. The summed E-state index contributed by atoms with van der Waals surface area (Å²) < 4.78 is 5.91. The number of hydrogen-bond donors (Lipinski definition) is 1. The second-order valence-corrected chi connectivity index (χ2v) is 7.04. The van der Waals surface area contributed by atoms with Crippen LogP contribution in [0.1, 0.15) is 15.9 Å². The number of thiophene rings is 1. The van der Waals surface area contributed by atoms with E-state index in [0.717, 1.165) is 11.1 Å². The van der Waals surface area contributed by atoms with Gasteiger partial charge in [0.25, 0.3) is 5.91 Å². The Balaban J connectivity index is 1.51. The van der Waals surface area contributed by atoms with Gasteiger partial charge in [0.1, 0.15) is 11.5 Å². The molecule has 0 radical (unpaired) electrons. The highest BCUT2D eigenvalue weighted by molar-refractivity contribution is 7.08. The molecule has 0 aliphatic heterocycles. The summed E-state index contributed by atoms with van der Waals surface area (Å²) in [5.41, 5.74) is 3.90. The van der Waals surface area contributed by atoms with Gasteiger partial charge in [-0.2, -0.15) is 11.3 Å². The number of amides is 1. The molecule has 4 aromatic rings. The molecule has 1 aromatic heterocycles. The summed E-state index contributed by atoms with van der Waals surface area (Å²) in [6.07, 6.45) is 0. The molecule has 0 saturated carbocycles. The standard InChI is InChI=1S/C24H19NO2S/c26-24(22-12-6-7-13-23(22)27-20-9-2-1-3-10-20)25-16-18-8-4-5-11-21(18)19-14-15-28-17-19/h1-15,17H,16H2,(H,25,26). The molecule has 1 N–H and O–H groups in total. The Hall–Kier alpha value is -3.37. The predicted molar refractivity (Wildman–Crippen MR) is 114 cm³/mol. The van der Waals surface area contributed by atoms with Crippen molar-refractivity contribution in [2.24, 2.45) is 0 Å². The fourth-order valence-corrected chi connectivity index (χ4v) is 3.66. The van der Waals surface area contributed by atoms with Crippen LogP contribution in [0.2, 0.25) is 0 Å². The van der Waals surface area contributed by atoms with Gasteiger partial charge in [0.2, 0.25) is 0 Å². The van der Waals surface area contributed by atoms with Crippen LogP contribution in [0.3, 0.4) is 0 Å². The summed E-state index contributed by atoms with van der Waals surface area (Å²) in [6.45, 7) is 0.449. The maximum Gasteiger partial charge on any atom is 0.255 e. The Morgan fingerprint density at radius 2 is 1.61 bits per heavy atom. The van der Waals surface area contributed by atoms with Gasteiger partial charge in [0.15, 0.2) is 0 Å². The summed E-state index contributed by atoms with van der Waals surface area (Å²) in [5.74, 6) is 1.08. The normalized spacial score (nSPS) is 10.4. The minimum Gasteiger partial charge on any atom is -0.457 e. The molecule has 0 saturated heterocycles. The van der Waals surface area contributed by atoms with Gasteiger partial charge >= 0.3 is 0 Å². The predicted octanol–water partition coefficient (Wildman–Crippen LogP) is 6.14. The summed E-state index contributed by atoms with van der Waals surface area (Å²) >= 11 is 1.66. The van der Waals surface area contributed by atoms with Crippen LogP contribution in [-0.2, 0) is 6.54 Å². The number of carbonyl (C=O) groups is 1. The van der Waals surface area contributed by atoms with E-state index < -0.39 is 0 Å². The minimum atomic E-state index is -0.161. The van der Waals surface area contributed by atoms with Gasteiger partial charge in [-0.1, -0.05) is 54.6 Å². The molecular weight excluding hydrogens is 366 g/mol. The monoisotopic (exact) mass is 385 g/mol. The Kier molecular flexibility index (Phi) is 5.50. The molecule has 0 atom stereocenters. The van der Waals surface area contributed by atoms with Crippen molar-refractivity contribution in [2.45, 2.75) is 6.54 Å². The van der Waals surface area contributed by atoms with Crippen molar-refractivity contribution in [2.75, 3.05) is 0 Å². The summed E-state index contributed by atoms with van der Waals surface area (Å²) in [6, 6.07) is 27.0. The van der Waals surface area contributed by atoms with Crippen LogP contribution in [0.5, 0.6) is 11.5 Å². The van der Waals surface area contributed by atoms with Crippen LogP contribution in [0, 0.1) is 0 Å². The van der Waals surface area contributed by atoms with Gasteiger partial charge in [-0.25, -0.2) is 0 Å². The molecule has 1 amide bonds. The van der Waals surface area contributed by atoms with E-state index in [1.54, 1.807) is 23.5 Å². The number of para-hydroxylation sites is 2. The van der Waals surface area contributed by atoms with Crippen molar-refractivity contribution >= 4 is 17.2 Å². The van der Waals surface area contributed by atoms with Crippen LogP contribution in [0.4, 0.5) is 0 Å². The van der Waals surface area contributed by atoms with Crippen molar-refractivity contribution in [1.29, 1.82) is 0 Å². The van der Waals surface area contributed by atoms with Crippen molar-refractivity contribution in [1.82, 2.24) is 5.32 Å². The average molecular weight is 385 g/mol. The largest absolute Gasteiger partial charge is 0.457 e. The molecule has 0 spiro atoms. The maximum atomic E-state index is 12.8. The van der Waals surface area contributed by atoms with E-state index in [2.05, 4.69) is 28.2 Å². The molecule has 138 valence electrons. The molecule has 0 fully saturated rings. The van der Waals surface area contributed by atoms with Gasteiger partial charge in [0.05, 0.1) is 5.56 Å². The van der Waals surface area contributed by atoms with Crippen LogP contribution < -0.4 is 10.1 Å². The molecule has 4 rings (SSSR count). The third-order valence-corrected chi connectivity index (χ3v) is 5.07. The quantitative estimate of drug-likeness (QED) is 0.433. The van der Waals surface area contributed by atoms with E-state index in [1.807, 2.05) is 60.7 Å². The third kappa shape index (κ3) is 4.13. The van der Waals surface area contributed by atoms with Crippen molar-refractivity contribution in [3.63, 3.8) is 0 Å². The number of benzene rings is 3. The fourth-order valence-electron chi connectivity index (χ4n) is 3.00. The zero-order valence-electron chi connectivity index (χ0n) is 15.2. The summed E-state index contributed by atoms with van der Waals surface area (Å²) in [7, 11) is 0. The maximum absolute atomic E-state index is 12.8. The number of hydrogen-bond acceptors (Lipinski definition) is 3. The first kappa shape index (κ1) is 18.0. The highest BCUT2D eigenvalue weighted by Gasteiger charge is 2.13. The lowest BCUT2D eigenvalue weighted by atomic mass is 10.0. The first-order valence-corrected chi connectivity index (χ1v) is 9.96. The number of carbonyl (C=O) groups excluding carboxylic acids is 1. The van der Waals surface area contributed by atoms with Crippen LogP contribution in [0.15, 0.2) is 95.7 Å². The number of ether oxygens (including phenoxy) is 1. The van der Waals surface area contributed by atoms with Crippen LogP contribution in [-0.4, -0.2) is 5.91 Å². The van der Waals surface area contributed by atoms with Crippen molar-refractivity contribution in [3.05, 3.63) is 107 Å². The van der Waals surface area contributed by atoms with Gasteiger partial charge in [-0.05, 0) is 57.8 Å². The van der Waals surface area contributed by atoms with Crippen LogP contribution in [0.25, 0.3) is 11.1 Å². The Morgan fingerprint density at radius 1 is 0.857 bits per heavy atom. The smallest absolute Gasteiger partial charge is 0.255 e. The van der Waals surface area contributed by atoms with E-state index >= 15 is 0 Å². The second kappa shape index (κ2) is 8.55. The minimum absolute atomic E-state index is 0.161. The summed E-state index contributed by atoms with van der Waals surface area (Å²) in [4.78, 5) is 12.8. The second-order valence-electron chi connectivity index (χ2n) is 6.26. The van der Waals surface area contributed by atoms with Gasteiger partial charge in [-0.3, -0.25) is 4.79 Å². The zero-order chi connectivity index (χ0) is 19.2. The molecule has 28 heavy (non-hydrogen) atoms. The topological polar surface area (TPSA) is 38.3 Å². The van der Waals surface area contributed by atoms with E-state index in [1.165, 1.54) is 5.56 Å². The Labute approximate surface area is 168 Å². The molecule has 4 heteroatoms. The third-order valence-electron chi connectivity index (χ3n) is 4.39. The molecular formula is C24H19NO2S. The highest BCUT2D eigenvalue weighted by atomic mass is 32.1. The molecule has 0 aliphatic rings. The van der Waals surface area contributed by atoms with Crippen molar-refractivity contribution < 1.29 is 9.53 Å². The lowest BCUT2D eigenvalue weighted by molar-refractivity contribution is 0.0948. The first-order chi connectivity index (χ1) is 13.8. The van der Waals surface area contributed by atoms with E-state index in [0.29, 0.717) is 23.6 Å². The highest BCUT2D eigenvalue weighted by Crippen LogP contribution is 2.27. The average Bonchev–Trinajstić information content (AvgIpc) is 3.28. The van der Waals surface area contributed by atoms with E-state index in [-0.39, 0.29) is 5.91 Å². The lowest BCUT2D eigenvalue weighted by Crippen LogP contribution is -2.23. The summed E-state index contributed by atoms with van der Waals surface area (Å²) in [5, 5.41) is 7.20. The number of nitrogens with one attached hydrogen (secondary N) is 1. The Morgan fingerprint density at radius 3 is 2.43 bits per heavy atom. The SMILES string of the molecule is O=C(NCc1ccccc1-c1ccsc1)c1ccccc1Oc1ccccc1. The Bertz CT molecular complexity index is 1060. The molecule has 1 heterocycles. The van der Waals surface area contributed by atoms with E-state index in [9.17, 15) is 4.79 Å². The van der Waals surface area contributed by atoms with E-state index in [4.69, 9.17) is 4.74 Å². The first-order valence-electron chi connectivity index (χ1n) is 9.02. The van der Waals surface area contributed by atoms with Gasteiger partial charge in [0, 0.05) is 6.54 Å². The molecule has 0 bridgehead atoms. The lowest BCUT2D eigenvalue weighted by Gasteiger charge is -2.13. The zero-order valence-corrected chi connectivity index (χ0v) is 16.0. The number of rotatable bonds is 6. The molecule has 0 aliphatic carbocycles. The van der Waals surface area contributed by atoms with Crippen molar-refractivity contribution in [3.8, 4) is 22.6 Å². The van der Waals surface area contributed by atoms with Gasteiger partial charge in [-0.15, -0.1) is 0 Å². The molecule has 3 aromatic carbocycles. The van der Waals surface area contributed by atoms with Gasteiger partial charge < -0.3 is 10.1 Å². The van der Waals surface area contributed by atoms with Crippen LogP contribution >= 0.6 is 11.3 Å². The molecule has 0 unspecified atom stereocenters. The molecule has 3 nitrogen and oxygen atoms in total.